The van der Waals surface area contributed by atoms with Crippen LogP contribution in [0.25, 0.3) is 0 Å². The lowest BCUT2D eigenvalue weighted by Gasteiger charge is -2.13. The molecule has 0 spiro atoms. The highest BCUT2D eigenvalue weighted by Gasteiger charge is 2.26. The van der Waals surface area contributed by atoms with E-state index in [0.29, 0.717) is 11.8 Å². The fourth-order valence-electron chi connectivity index (χ4n) is 1.73. The number of carbonyl (C=O) groups excluding carboxylic acids is 1. The van der Waals surface area contributed by atoms with Crippen LogP contribution in [0, 0.1) is 0 Å². The molecule has 114 valence electrons. The van der Waals surface area contributed by atoms with E-state index in [1.54, 1.807) is 6.92 Å². The summed E-state index contributed by atoms with van der Waals surface area (Å²) in [6.07, 6.45) is -0.00267. The Morgan fingerprint density at radius 2 is 1.52 bits per heavy atom. The minimum Gasteiger partial charge on any atom is -0.282 e. The number of rotatable bonds is 3. The van der Waals surface area contributed by atoms with Crippen molar-refractivity contribution in [3.05, 3.63) is 18.2 Å². The van der Waals surface area contributed by atoms with E-state index in [-0.39, 0.29) is 12.1 Å². The van der Waals surface area contributed by atoms with E-state index in [9.17, 15) is 21.6 Å². The Labute approximate surface area is 120 Å². The second-order valence-corrected chi connectivity index (χ2v) is 7.17. The predicted molar refractivity (Wildman–Crippen MR) is 71.3 cm³/mol. The Morgan fingerprint density at radius 3 is 1.86 bits per heavy atom. The monoisotopic (exact) mass is 334 g/mol. The molecule has 11 heteroatoms. The summed E-state index contributed by atoms with van der Waals surface area (Å²) >= 11 is 0. The second-order valence-electron chi connectivity index (χ2n) is 4.33. The molecule has 1 aliphatic heterocycles. The van der Waals surface area contributed by atoms with Crippen LogP contribution in [0.3, 0.4) is 0 Å². The molecule has 1 amide bonds. The Balaban J connectivity index is 2.70. The number of carbonyl (C=O) groups is 1. The van der Waals surface area contributed by atoms with Crippen molar-refractivity contribution < 1.29 is 30.7 Å². The van der Waals surface area contributed by atoms with Crippen LogP contribution >= 0.6 is 0 Å². The fraction of sp³-hybridized carbons (Fsp3) is 0.200. The third-order valence-corrected chi connectivity index (χ3v) is 4.28. The second kappa shape index (κ2) is 4.87. The van der Waals surface area contributed by atoms with Gasteiger partial charge in [0.1, 0.15) is 0 Å². The van der Waals surface area contributed by atoms with E-state index < -0.39 is 35.9 Å². The number of anilines is 1. The first-order valence-corrected chi connectivity index (χ1v) is 8.33. The Morgan fingerprint density at radius 1 is 1.05 bits per heavy atom. The first-order chi connectivity index (χ1) is 9.48. The smallest absolute Gasteiger partial charge is 0.282 e. The van der Waals surface area contributed by atoms with E-state index in [0.717, 1.165) is 17.1 Å². The van der Waals surface area contributed by atoms with E-state index >= 15 is 0 Å². The zero-order chi connectivity index (χ0) is 16.0. The van der Waals surface area contributed by atoms with Crippen LogP contribution in [0.5, 0.6) is 0 Å². The lowest BCUT2D eigenvalue weighted by Crippen LogP contribution is -2.20. The van der Waals surface area contributed by atoms with Crippen LogP contribution in [0.2, 0.25) is 0 Å². The minimum atomic E-state index is -4.73. The minimum absolute atomic E-state index is 0.00267. The molecule has 0 saturated carbocycles. The van der Waals surface area contributed by atoms with E-state index in [1.165, 1.54) is 0 Å². The maximum atomic E-state index is 11.7. The third kappa shape index (κ3) is 3.26. The summed E-state index contributed by atoms with van der Waals surface area (Å²) in [7, 11) is -9.46. The normalized spacial score (nSPS) is 16.2. The molecule has 0 atom stereocenters. The van der Waals surface area contributed by atoms with Crippen LogP contribution in [0.15, 0.2) is 33.1 Å². The van der Waals surface area contributed by atoms with E-state index in [4.69, 9.17) is 9.11 Å². The quantitative estimate of drug-likeness (QED) is 0.757. The van der Waals surface area contributed by atoms with Crippen LogP contribution in [-0.2, 0) is 25.0 Å². The lowest BCUT2D eigenvalue weighted by molar-refractivity contribution is -0.116. The van der Waals surface area contributed by atoms with Gasteiger partial charge in [-0.1, -0.05) is 0 Å². The van der Waals surface area contributed by atoms with Gasteiger partial charge in [0.25, 0.3) is 26.1 Å². The number of hydrogen-bond acceptors (Lipinski definition) is 6. The first kappa shape index (κ1) is 15.6. The van der Waals surface area contributed by atoms with Gasteiger partial charge in [-0.05, 0) is 25.1 Å². The van der Waals surface area contributed by atoms with Gasteiger partial charge in [0.15, 0.2) is 0 Å². The molecule has 1 heterocycles. The summed E-state index contributed by atoms with van der Waals surface area (Å²) in [5.41, 5.74) is 0.255. The van der Waals surface area contributed by atoms with Crippen molar-refractivity contribution in [2.45, 2.75) is 23.1 Å². The van der Waals surface area contributed by atoms with E-state index in [1.807, 2.05) is 0 Å². The van der Waals surface area contributed by atoms with Crippen molar-refractivity contribution in [2.75, 3.05) is 5.01 Å². The lowest BCUT2D eigenvalue weighted by atomic mass is 10.3. The average Bonchev–Trinajstić information content (AvgIpc) is 2.65. The summed E-state index contributed by atoms with van der Waals surface area (Å²) < 4.78 is 62.7. The average molecular weight is 334 g/mol. The molecular formula is C10H10N2O7S2. The fourth-order valence-corrected chi connectivity index (χ4v) is 2.90. The molecule has 0 fully saturated rings. The molecule has 0 radical (unpaired) electrons. The molecule has 21 heavy (non-hydrogen) atoms. The molecule has 0 aromatic heterocycles. The zero-order valence-corrected chi connectivity index (χ0v) is 12.2. The summed E-state index contributed by atoms with van der Waals surface area (Å²) in [4.78, 5) is 10.1. The molecule has 2 N–H and O–H groups in total. The highest BCUT2D eigenvalue weighted by Crippen LogP contribution is 2.27. The Kier molecular flexibility index (Phi) is 3.61. The van der Waals surface area contributed by atoms with Crippen LogP contribution in [0.4, 0.5) is 5.69 Å². The van der Waals surface area contributed by atoms with Crippen LogP contribution in [-0.4, -0.2) is 37.6 Å². The summed E-state index contributed by atoms with van der Waals surface area (Å²) in [6, 6.07) is 2.33. The van der Waals surface area contributed by atoms with Crippen molar-refractivity contribution in [3.8, 4) is 0 Å². The molecule has 0 unspecified atom stereocenters. The molecule has 1 aromatic carbocycles. The van der Waals surface area contributed by atoms with Gasteiger partial charge in [0, 0.05) is 5.71 Å². The maximum Gasteiger partial charge on any atom is 0.294 e. The Bertz CT molecular complexity index is 805. The molecule has 0 aliphatic carbocycles. The summed E-state index contributed by atoms with van der Waals surface area (Å²) in [6.45, 7) is 1.56. The van der Waals surface area contributed by atoms with Gasteiger partial charge in [0.2, 0.25) is 0 Å². The summed E-state index contributed by atoms with van der Waals surface area (Å²) in [5, 5.41) is 4.64. The Hall–Kier alpha value is -1.82. The highest BCUT2D eigenvalue weighted by atomic mass is 32.2. The van der Waals surface area contributed by atoms with Gasteiger partial charge in [-0.15, -0.1) is 0 Å². The largest absolute Gasteiger partial charge is 0.294 e. The van der Waals surface area contributed by atoms with Crippen molar-refractivity contribution in [1.29, 1.82) is 0 Å². The van der Waals surface area contributed by atoms with Crippen LogP contribution in [0.1, 0.15) is 13.3 Å². The number of nitrogens with zero attached hydrogens (tertiary/aromatic N) is 2. The zero-order valence-electron chi connectivity index (χ0n) is 10.6. The van der Waals surface area contributed by atoms with Gasteiger partial charge < -0.3 is 0 Å². The predicted octanol–water partition coefficient (Wildman–Crippen LogP) is 0.293. The van der Waals surface area contributed by atoms with Gasteiger partial charge in [-0.25, -0.2) is 5.01 Å². The van der Waals surface area contributed by atoms with Crippen LogP contribution < -0.4 is 5.01 Å². The highest BCUT2D eigenvalue weighted by molar-refractivity contribution is 7.86. The number of benzene rings is 1. The molecule has 0 saturated heterocycles. The van der Waals surface area contributed by atoms with Crippen molar-refractivity contribution in [1.82, 2.24) is 0 Å². The van der Waals surface area contributed by atoms with Gasteiger partial charge >= 0.3 is 0 Å². The maximum absolute atomic E-state index is 11.7. The third-order valence-electron chi connectivity index (χ3n) is 2.62. The molecule has 2 rings (SSSR count). The number of amides is 1. The van der Waals surface area contributed by atoms with Crippen molar-refractivity contribution in [3.63, 3.8) is 0 Å². The standard InChI is InChI=1S/C10H10N2O7S2/c1-6-2-10(13)12(11-6)7-3-8(20(14,15)16)5-9(4-7)21(17,18)19/h3-5H,2H2,1H3,(H,14,15,16)(H,17,18,19). The molecule has 1 aliphatic rings. The molecule has 1 aromatic rings. The van der Waals surface area contributed by atoms with Crippen molar-refractivity contribution >= 4 is 37.5 Å². The molecular weight excluding hydrogens is 324 g/mol. The van der Waals surface area contributed by atoms with Gasteiger partial charge in [-0.3, -0.25) is 13.9 Å². The number of hydrogen-bond donors (Lipinski definition) is 2. The SMILES string of the molecule is CC1=NN(c2cc(S(=O)(=O)O)cc(S(=O)(=O)O)c2)C(=O)C1. The first-order valence-electron chi connectivity index (χ1n) is 5.45. The summed E-state index contributed by atoms with van der Waals surface area (Å²) in [5.74, 6) is -0.499. The van der Waals surface area contributed by atoms with Gasteiger partial charge in [-0.2, -0.15) is 21.9 Å². The molecule has 9 nitrogen and oxygen atoms in total. The topological polar surface area (TPSA) is 141 Å². The number of hydrazone groups is 1. The van der Waals surface area contributed by atoms with Crippen molar-refractivity contribution in [2.24, 2.45) is 5.10 Å². The van der Waals surface area contributed by atoms with Gasteiger partial charge in [0.05, 0.1) is 21.9 Å². The molecule has 0 bridgehead atoms. The van der Waals surface area contributed by atoms with E-state index in [2.05, 4.69) is 5.10 Å².